The number of piperidine rings is 2. The quantitative estimate of drug-likeness (QED) is 0.471. The predicted octanol–water partition coefficient (Wildman–Crippen LogP) is 7.69. The molecule has 34 heavy (non-hydrogen) atoms. The first-order chi connectivity index (χ1) is 16.5. The number of hydrogen-bond donors (Lipinski definition) is 1. The number of benzene rings is 2. The molecule has 1 saturated carbocycles. The maximum atomic E-state index is 11.6. The summed E-state index contributed by atoms with van der Waals surface area (Å²) in [6.45, 7) is 7.18. The zero-order valence-corrected chi connectivity index (χ0v) is 21.7. The SMILES string of the molecule is CC.CC1CCC(Oc2ccc3ccc(CN4C5CCCC4CC(C(=O)O)C5)cc3c2Cl)CC1. The summed E-state index contributed by atoms with van der Waals surface area (Å²) in [5.41, 5.74) is 1.24. The number of nitrogens with zero attached hydrogens (tertiary/aromatic N) is 1. The smallest absolute Gasteiger partial charge is 0.306 e. The van der Waals surface area contributed by atoms with Crippen LogP contribution in [0.5, 0.6) is 5.75 Å². The van der Waals surface area contributed by atoms with Gasteiger partial charge in [0.15, 0.2) is 0 Å². The molecule has 1 N–H and O–H groups in total. The van der Waals surface area contributed by atoms with Crippen molar-refractivity contribution >= 4 is 28.3 Å². The van der Waals surface area contributed by atoms with Crippen LogP contribution in [0, 0.1) is 11.8 Å². The number of rotatable bonds is 5. The fourth-order valence-corrected chi connectivity index (χ4v) is 6.45. The Hall–Kier alpha value is -1.78. The Bertz CT molecular complexity index is 971. The van der Waals surface area contributed by atoms with Gasteiger partial charge in [0.1, 0.15) is 5.75 Å². The van der Waals surface area contributed by atoms with E-state index < -0.39 is 5.97 Å². The number of hydrogen-bond acceptors (Lipinski definition) is 3. The number of carboxylic acids is 1. The lowest BCUT2D eigenvalue weighted by Gasteiger charge is -2.48. The summed E-state index contributed by atoms with van der Waals surface area (Å²) in [6.07, 6.45) is 9.88. The van der Waals surface area contributed by atoms with Gasteiger partial charge in [-0.2, -0.15) is 0 Å². The molecule has 2 aliphatic heterocycles. The highest BCUT2D eigenvalue weighted by Gasteiger charge is 2.40. The van der Waals surface area contributed by atoms with Crippen LogP contribution in [0.3, 0.4) is 0 Å². The molecule has 2 heterocycles. The Kier molecular flexibility index (Phi) is 8.42. The van der Waals surface area contributed by atoms with Crippen molar-refractivity contribution < 1.29 is 14.6 Å². The van der Waals surface area contributed by atoms with Crippen molar-refractivity contribution in [2.24, 2.45) is 11.8 Å². The van der Waals surface area contributed by atoms with E-state index >= 15 is 0 Å². The summed E-state index contributed by atoms with van der Waals surface area (Å²) >= 11 is 6.85. The number of halogens is 1. The van der Waals surface area contributed by atoms with Crippen LogP contribution in [0.15, 0.2) is 30.3 Å². The Morgan fingerprint density at radius 1 is 1.03 bits per heavy atom. The van der Waals surface area contributed by atoms with Crippen molar-refractivity contribution in [1.29, 1.82) is 0 Å². The largest absolute Gasteiger partial charge is 0.489 e. The molecule has 2 saturated heterocycles. The molecule has 3 aliphatic rings. The van der Waals surface area contributed by atoms with Gasteiger partial charge in [0.2, 0.25) is 0 Å². The zero-order valence-electron chi connectivity index (χ0n) is 20.9. The summed E-state index contributed by atoms with van der Waals surface area (Å²) in [5.74, 6) is 0.786. The third-order valence-corrected chi connectivity index (χ3v) is 8.47. The van der Waals surface area contributed by atoms with Crippen LogP contribution in [0.2, 0.25) is 5.02 Å². The maximum Gasteiger partial charge on any atom is 0.306 e. The van der Waals surface area contributed by atoms with Crippen molar-refractivity contribution in [2.75, 3.05) is 0 Å². The van der Waals surface area contributed by atoms with Gasteiger partial charge in [-0.3, -0.25) is 9.69 Å². The van der Waals surface area contributed by atoms with Gasteiger partial charge < -0.3 is 9.84 Å². The third kappa shape index (κ3) is 5.54. The van der Waals surface area contributed by atoms with Crippen LogP contribution in [-0.4, -0.2) is 34.2 Å². The average Bonchev–Trinajstić information content (AvgIpc) is 2.83. The van der Waals surface area contributed by atoms with E-state index in [1.54, 1.807) is 0 Å². The van der Waals surface area contributed by atoms with Crippen LogP contribution in [0.25, 0.3) is 10.8 Å². The highest BCUT2D eigenvalue weighted by atomic mass is 35.5. The van der Waals surface area contributed by atoms with E-state index in [2.05, 4.69) is 36.1 Å². The van der Waals surface area contributed by atoms with E-state index in [0.29, 0.717) is 17.1 Å². The van der Waals surface area contributed by atoms with E-state index in [9.17, 15) is 9.90 Å². The van der Waals surface area contributed by atoms with E-state index in [4.69, 9.17) is 16.3 Å². The van der Waals surface area contributed by atoms with E-state index in [-0.39, 0.29) is 12.0 Å². The molecule has 0 spiro atoms. The van der Waals surface area contributed by atoms with Crippen LogP contribution in [0.4, 0.5) is 0 Å². The second kappa shape index (κ2) is 11.3. The molecule has 5 rings (SSSR count). The van der Waals surface area contributed by atoms with Crippen LogP contribution >= 0.6 is 11.6 Å². The molecule has 0 amide bonds. The van der Waals surface area contributed by atoms with Crippen molar-refractivity contribution in [3.63, 3.8) is 0 Å². The van der Waals surface area contributed by atoms with Gasteiger partial charge in [0.25, 0.3) is 0 Å². The second-order valence-electron chi connectivity index (χ2n) is 10.4. The normalized spacial score (nSPS) is 29.2. The first-order valence-corrected chi connectivity index (χ1v) is 13.7. The first kappa shape index (κ1) is 25.3. The van der Waals surface area contributed by atoms with Crippen LogP contribution < -0.4 is 4.74 Å². The van der Waals surface area contributed by atoms with Gasteiger partial charge in [0.05, 0.1) is 17.0 Å². The van der Waals surface area contributed by atoms with Gasteiger partial charge in [0, 0.05) is 24.0 Å². The molecule has 2 aromatic carbocycles. The first-order valence-electron chi connectivity index (χ1n) is 13.3. The summed E-state index contributed by atoms with van der Waals surface area (Å²) in [4.78, 5) is 14.1. The monoisotopic (exact) mass is 485 g/mol. The number of carboxylic acid groups (broad SMARTS) is 1. The topological polar surface area (TPSA) is 49.8 Å². The van der Waals surface area contributed by atoms with Gasteiger partial charge in [-0.15, -0.1) is 0 Å². The lowest BCUT2D eigenvalue weighted by atomic mass is 9.78. The second-order valence-corrected chi connectivity index (χ2v) is 10.7. The standard InChI is InChI=1S/C27H34ClNO3.C2H6/c1-17-5-10-23(11-6-17)32-25-12-9-19-8-7-18(13-24(19)26(25)28)16-29-21-3-2-4-22(29)15-20(14-21)27(30)31;1-2/h7-9,12-13,17,20-23H,2-6,10-11,14-16H2,1H3,(H,30,31);1-2H3. The lowest BCUT2D eigenvalue weighted by molar-refractivity contribution is -0.146. The molecule has 1 aliphatic carbocycles. The highest BCUT2D eigenvalue weighted by molar-refractivity contribution is 6.37. The van der Waals surface area contributed by atoms with Crippen molar-refractivity contribution in [3.05, 3.63) is 40.9 Å². The number of carbonyl (C=O) groups is 1. The Morgan fingerprint density at radius 2 is 1.68 bits per heavy atom. The van der Waals surface area contributed by atoms with Crippen LogP contribution in [0.1, 0.15) is 84.1 Å². The molecule has 4 nitrogen and oxygen atoms in total. The molecule has 2 aromatic rings. The molecule has 0 radical (unpaired) electrons. The van der Waals surface area contributed by atoms with Gasteiger partial charge in [-0.05, 0) is 80.4 Å². The van der Waals surface area contributed by atoms with Gasteiger partial charge >= 0.3 is 5.97 Å². The van der Waals surface area contributed by atoms with Crippen LogP contribution in [-0.2, 0) is 11.3 Å². The van der Waals surface area contributed by atoms with Gasteiger partial charge in [-0.1, -0.05) is 57.0 Å². The average molecular weight is 486 g/mol. The van der Waals surface area contributed by atoms with Crippen molar-refractivity contribution in [1.82, 2.24) is 4.90 Å². The Balaban J connectivity index is 0.00000133. The van der Waals surface area contributed by atoms with Gasteiger partial charge in [-0.25, -0.2) is 0 Å². The fraction of sp³-hybridized carbons (Fsp3) is 0.621. The third-order valence-electron chi connectivity index (χ3n) is 8.08. The summed E-state index contributed by atoms with van der Waals surface area (Å²) in [5, 5.41) is 12.4. The van der Waals surface area contributed by atoms with E-state index in [0.717, 1.165) is 67.5 Å². The van der Waals surface area contributed by atoms with Crippen molar-refractivity contribution in [2.45, 2.75) is 103 Å². The van der Waals surface area contributed by atoms with E-state index in [1.165, 1.54) is 24.8 Å². The Labute approximate surface area is 209 Å². The molecule has 2 bridgehead atoms. The minimum Gasteiger partial charge on any atom is -0.489 e. The minimum atomic E-state index is -0.626. The molecule has 3 fully saturated rings. The number of aliphatic carboxylic acids is 1. The number of ether oxygens (including phenoxy) is 1. The summed E-state index contributed by atoms with van der Waals surface area (Å²) in [6, 6.07) is 11.4. The molecular weight excluding hydrogens is 446 g/mol. The lowest BCUT2D eigenvalue weighted by Crippen LogP contribution is -2.52. The Morgan fingerprint density at radius 3 is 2.32 bits per heavy atom. The molecule has 2 atom stereocenters. The fourth-order valence-electron chi connectivity index (χ4n) is 6.18. The zero-order chi connectivity index (χ0) is 24.2. The minimum absolute atomic E-state index is 0.185. The molecule has 2 unspecified atom stereocenters. The summed E-state index contributed by atoms with van der Waals surface area (Å²) in [7, 11) is 0. The predicted molar refractivity (Wildman–Crippen MR) is 140 cm³/mol. The molecular formula is C29H40ClNO3. The molecule has 0 aromatic heterocycles. The number of fused-ring (bicyclic) bond motifs is 3. The molecule has 186 valence electrons. The molecule has 5 heteroatoms. The van der Waals surface area contributed by atoms with Crippen molar-refractivity contribution in [3.8, 4) is 5.75 Å². The van der Waals surface area contributed by atoms with E-state index in [1.807, 2.05) is 19.9 Å². The highest BCUT2D eigenvalue weighted by Crippen LogP contribution is 2.40. The maximum absolute atomic E-state index is 11.6. The summed E-state index contributed by atoms with van der Waals surface area (Å²) < 4.78 is 6.33.